The van der Waals surface area contributed by atoms with Gasteiger partial charge in [0.2, 0.25) is 5.13 Å². The van der Waals surface area contributed by atoms with Crippen LogP contribution < -0.4 is 5.32 Å². The molecule has 3 aromatic heterocycles. The van der Waals surface area contributed by atoms with Crippen molar-refractivity contribution >= 4 is 28.2 Å². The summed E-state index contributed by atoms with van der Waals surface area (Å²) < 4.78 is 1.65. The third-order valence-corrected chi connectivity index (χ3v) is 5.07. The number of benzene rings is 1. The van der Waals surface area contributed by atoms with Gasteiger partial charge in [0.1, 0.15) is 17.0 Å². The first-order valence-electron chi connectivity index (χ1n) is 8.89. The highest BCUT2D eigenvalue weighted by Crippen LogP contribution is 2.21. The van der Waals surface area contributed by atoms with Gasteiger partial charge in [-0.05, 0) is 24.5 Å². The summed E-state index contributed by atoms with van der Waals surface area (Å²) in [5.74, 6) is 0.223. The first-order valence-corrected chi connectivity index (χ1v) is 9.71. The summed E-state index contributed by atoms with van der Waals surface area (Å²) in [4.78, 5) is 21.1. The zero-order valence-electron chi connectivity index (χ0n) is 15.7. The number of anilines is 1. The number of fused-ring (bicyclic) bond motifs is 1. The summed E-state index contributed by atoms with van der Waals surface area (Å²) in [5, 5.41) is 16.5. The summed E-state index contributed by atoms with van der Waals surface area (Å²) >= 11 is 1.36. The Hall–Kier alpha value is -3.20. The fourth-order valence-corrected chi connectivity index (χ4v) is 3.67. The highest BCUT2D eigenvalue weighted by Gasteiger charge is 2.17. The van der Waals surface area contributed by atoms with Crippen molar-refractivity contribution in [3.05, 3.63) is 64.2 Å². The number of aryl methyl sites for hydroxylation is 1. The minimum absolute atomic E-state index is 0.168. The van der Waals surface area contributed by atoms with Crippen LogP contribution in [0.1, 0.15) is 52.1 Å². The molecule has 142 valence electrons. The number of amides is 1. The van der Waals surface area contributed by atoms with Crippen molar-refractivity contribution in [1.82, 2.24) is 29.8 Å². The molecule has 0 aliphatic heterocycles. The van der Waals surface area contributed by atoms with Crippen LogP contribution >= 0.6 is 11.3 Å². The Morgan fingerprint density at radius 2 is 2.11 bits per heavy atom. The van der Waals surface area contributed by atoms with Gasteiger partial charge in [-0.2, -0.15) is 10.1 Å². The SMILES string of the molecule is Cc1cccc(Cc2nnc(NC(=O)c3cc(C(C)C)n4ncnc4n3)s2)c1. The van der Waals surface area contributed by atoms with Crippen molar-refractivity contribution in [2.75, 3.05) is 5.32 Å². The quantitative estimate of drug-likeness (QED) is 0.559. The zero-order chi connectivity index (χ0) is 19.7. The molecule has 0 aliphatic carbocycles. The molecule has 28 heavy (non-hydrogen) atoms. The Balaban J connectivity index is 1.53. The van der Waals surface area contributed by atoms with Crippen molar-refractivity contribution in [3.63, 3.8) is 0 Å². The van der Waals surface area contributed by atoms with Crippen molar-refractivity contribution in [2.24, 2.45) is 0 Å². The number of hydrogen-bond acceptors (Lipinski definition) is 7. The van der Waals surface area contributed by atoms with Gasteiger partial charge in [0.05, 0.1) is 5.69 Å². The van der Waals surface area contributed by atoms with Crippen LogP contribution in [0.2, 0.25) is 0 Å². The molecule has 1 amide bonds. The Morgan fingerprint density at radius 3 is 2.89 bits per heavy atom. The Kier molecular flexibility index (Phi) is 4.82. The zero-order valence-corrected chi connectivity index (χ0v) is 16.6. The summed E-state index contributed by atoms with van der Waals surface area (Å²) in [6.07, 6.45) is 2.11. The molecule has 0 unspecified atom stereocenters. The van der Waals surface area contributed by atoms with Crippen LogP contribution in [-0.2, 0) is 6.42 Å². The molecule has 0 aliphatic rings. The highest BCUT2D eigenvalue weighted by atomic mass is 32.1. The van der Waals surface area contributed by atoms with E-state index < -0.39 is 0 Å². The number of hydrogen-bond donors (Lipinski definition) is 1. The highest BCUT2D eigenvalue weighted by molar-refractivity contribution is 7.15. The van der Waals surface area contributed by atoms with E-state index in [1.54, 1.807) is 10.6 Å². The molecule has 0 radical (unpaired) electrons. The van der Waals surface area contributed by atoms with E-state index in [0.717, 1.165) is 16.3 Å². The third kappa shape index (κ3) is 3.74. The molecule has 1 aromatic carbocycles. The van der Waals surface area contributed by atoms with Crippen LogP contribution in [0.5, 0.6) is 0 Å². The molecule has 0 atom stereocenters. The van der Waals surface area contributed by atoms with Gasteiger partial charge < -0.3 is 0 Å². The van der Waals surface area contributed by atoms with Crippen molar-refractivity contribution < 1.29 is 4.79 Å². The summed E-state index contributed by atoms with van der Waals surface area (Å²) in [6, 6.07) is 9.98. The maximum atomic E-state index is 12.7. The van der Waals surface area contributed by atoms with Crippen molar-refractivity contribution in [2.45, 2.75) is 33.1 Å². The molecule has 0 saturated carbocycles. The summed E-state index contributed by atoms with van der Waals surface area (Å²) in [6.45, 7) is 6.11. The van der Waals surface area contributed by atoms with E-state index in [-0.39, 0.29) is 17.5 Å². The van der Waals surface area contributed by atoms with Crippen LogP contribution in [0.3, 0.4) is 0 Å². The molecule has 0 saturated heterocycles. The predicted octanol–water partition coefficient (Wildman–Crippen LogP) is 3.25. The molecule has 4 rings (SSSR count). The standard InChI is InChI=1S/C19H19N7OS/c1-11(2)15-9-14(22-18-20-10-21-26(15)18)17(27)23-19-25-24-16(28-19)8-13-6-4-5-12(3)7-13/h4-7,9-11H,8H2,1-3H3,(H,23,25,27). The number of nitrogens with zero attached hydrogens (tertiary/aromatic N) is 6. The number of rotatable bonds is 5. The van der Waals surface area contributed by atoms with Crippen LogP contribution in [-0.4, -0.2) is 35.7 Å². The van der Waals surface area contributed by atoms with E-state index in [0.29, 0.717) is 17.3 Å². The van der Waals surface area contributed by atoms with Gasteiger partial charge in [-0.1, -0.05) is 55.0 Å². The molecule has 0 bridgehead atoms. The van der Waals surface area contributed by atoms with Gasteiger partial charge >= 0.3 is 0 Å². The van der Waals surface area contributed by atoms with Crippen molar-refractivity contribution in [3.8, 4) is 0 Å². The number of nitrogens with one attached hydrogen (secondary N) is 1. The fourth-order valence-electron chi connectivity index (χ4n) is 2.90. The van der Waals surface area contributed by atoms with E-state index in [1.807, 2.05) is 19.9 Å². The van der Waals surface area contributed by atoms with E-state index in [4.69, 9.17) is 0 Å². The first-order chi connectivity index (χ1) is 13.5. The Morgan fingerprint density at radius 1 is 1.25 bits per heavy atom. The topological polar surface area (TPSA) is 98.0 Å². The van der Waals surface area contributed by atoms with E-state index >= 15 is 0 Å². The van der Waals surface area contributed by atoms with E-state index in [2.05, 4.69) is 55.7 Å². The van der Waals surface area contributed by atoms with Gasteiger partial charge in [0.25, 0.3) is 11.7 Å². The third-order valence-electron chi connectivity index (χ3n) is 4.23. The maximum Gasteiger partial charge on any atom is 0.276 e. The average Bonchev–Trinajstić information content (AvgIpc) is 3.29. The van der Waals surface area contributed by atoms with Crippen LogP contribution in [0.4, 0.5) is 5.13 Å². The molecule has 9 heteroatoms. The number of carbonyl (C=O) groups is 1. The maximum absolute atomic E-state index is 12.7. The molecule has 8 nitrogen and oxygen atoms in total. The predicted molar refractivity (Wildman–Crippen MR) is 107 cm³/mol. The molecular formula is C19H19N7OS. The second-order valence-corrected chi connectivity index (χ2v) is 7.88. The van der Waals surface area contributed by atoms with E-state index in [1.165, 1.54) is 23.2 Å². The molecule has 4 aromatic rings. The monoisotopic (exact) mass is 393 g/mol. The number of aromatic nitrogens is 6. The lowest BCUT2D eigenvalue weighted by Gasteiger charge is -2.09. The normalized spacial score (nSPS) is 11.3. The van der Waals surface area contributed by atoms with Gasteiger partial charge in [-0.15, -0.1) is 10.2 Å². The van der Waals surface area contributed by atoms with Gasteiger partial charge in [-0.3, -0.25) is 10.1 Å². The molecule has 0 fully saturated rings. The smallest absolute Gasteiger partial charge is 0.276 e. The van der Waals surface area contributed by atoms with Crippen molar-refractivity contribution in [1.29, 1.82) is 0 Å². The van der Waals surface area contributed by atoms with Gasteiger partial charge in [0.15, 0.2) is 0 Å². The number of carbonyl (C=O) groups excluding carboxylic acids is 1. The second kappa shape index (κ2) is 7.43. The first kappa shape index (κ1) is 18.2. The van der Waals surface area contributed by atoms with Crippen LogP contribution in [0.15, 0.2) is 36.7 Å². The fraction of sp³-hybridized carbons (Fsp3) is 0.263. The average molecular weight is 393 g/mol. The lowest BCUT2D eigenvalue weighted by molar-refractivity contribution is 0.102. The molecule has 1 N–H and O–H groups in total. The lowest BCUT2D eigenvalue weighted by atomic mass is 10.1. The second-order valence-electron chi connectivity index (χ2n) is 6.81. The lowest BCUT2D eigenvalue weighted by Crippen LogP contribution is -2.16. The van der Waals surface area contributed by atoms with Gasteiger partial charge in [-0.25, -0.2) is 9.50 Å². The molecule has 3 heterocycles. The Bertz CT molecular complexity index is 1150. The van der Waals surface area contributed by atoms with E-state index in [9.17, 15) is 4.79 Å². The van der Waals surface area contributed by atoms with Crippen LogP contribution in [0.25, 0.3) is 5.78 Å². The van der Waals surface area contributed by atoms with Crippen LogP contribution in [0, 0.1) is 6.92 Å². The largest absolute Gasteiger partial charge is 0.295 e. The Labute approximate surface area is 165 Å². The minimum atomic E-state index is -0.342. The molecule has 0 spiro atoms. The summed E-state index contributed by atoms with van der Waals surface area (Å²) in [7, 11) is 0. The summed E-state index contributed by atoms with van der Waals surface area (Å²) in [5.41, 5.74) is 3.51. The molecular weight excluding hydrogens is 374 g/mol. The minimum Gasteiger partial charge on any atom is -0.295 e. The van der Waals surface area contributed by atoms with Gasteiger partial charge in [0, 0.05) is 6.42 Å².